The van der Waals surface area contributed by atoms with E-state index in [-0.39, 0.29) is 29.9 Å². The van der Waals surface area contributed by atoms with Gasteiger partial charge in [0.05, 0.1) is 11.5 Å². The molecule has 1 heterocycles. The number of rotatable bonds is 4. The lowest BCUT2D eigenvalue weighted by atomic mass is 9.94. The summed E-state index contributed by atoms with van der Waals surface area (Å²) in [6.07, 6.45) is 7.82. The fourth-order valence-corrected chi connectivity index (χ4v) is 4.04. The topological polar surface area (TPSA) is 75.3 Å². The summed E-state index contributed by atoms with van der Waals surface area (Å²) in [7, 11) is -2.96. The van der Waals surface area contributed by atoms with Crippen molar-refractivity contribution in [1.82, 2.24) is 10.6 Å². The van der Waals surface area contributed by atoms with Gasteiger partial charge < -0.3 is 10.6 Å². The maximum absolute atomic E-state index is 11.8. The molecule has 1 aliphatic heterocycles. The van der Waals surface area contributed by atoms with Gasteiger partial charge in [0, 0.05) is 25.6 Å². The van der Waals surface area contributed by atoms with Crippen LogP contribution >= 0.6 is 0 Å². The van der Waals surface area contributed by atoms with Gasteiger partial charge in [-0.05, 0) is 25.2 Å². The van der Waals surface area contributed by atoms with E-state index in [0.29, 0.717) is 19.0 Å². The Morgan fingerprint density at radius 1 is 1.37 bits per heavy atom. The van der Waals surface area contributed by atoms with E-state index in [9.17, 15) is 13.2 Å². The number of allylic oxidation sites excluding steroid dienone is 2. The van der Waals surface area contributed by atoms with Crippen molar-refractivity contribution in [3.05, 3.63) is 12.2 Å². The van der Waals surface area contributed by atoms with Gasteiger partial charge in [0.25, 0.3) is 0 Å². The Morgan fingerprint density at radius 2 is 2.21 bits per heavy atom. The average molecular weight is 286 g/mol. The zero-order valence-corrected chi connectivity index (χ0v) is 11.9. The Bertz CT molecular complexity index is 445. The van der Waals surface area contributed by atoms with Crippen LogP contribution in [0, 0.1) is 5.92 Å². The third kappa shape index (κ3) is 4.95. The Balaban J connectivity index is 1.70. The molecule has 2 atom stereocenters. The van der Waals surface area contributed by atoms with E-state index in [1.807, 2.05) is 0 Å². The number of amides is 1. The Labute approximate surface area is 114 Å². The van der Waals surface area contributed by atoms with Crippen molar-refractivity contribution in [1.29, 1.82) is 0 Å². The fourth-order valence-electron chi connectivity index (χ4n) is 2.59. The molecule has 0 spiro atoms. The van der Waals surface area contributed by atoms with Gasteiger partial charge >= 0.3 is 0 Å². The smallest absolute Gasteiger partial charge is 0.221 e. The van der Waals surface area contributed by atoms with Crippen LogP contribution in [0.25, 0.3) is 0 Å². The van der Waals surface area contributed by atoms with Gasteiger partial charge in [-0.3, -0.25) is 4.79 Å². The minimum Gasteiger partial charge on any atom is -0.356 e. The average Bonchev–Trinajstić information content (AvgIpc) is 2.36. The normalized spacial score (nSPS) is 29.9. The summed E-state index contributed by atoms with van der Waals surface area (Å²) < 4.78 is 22.9. The molecule has 2 aliphatic rings. The molecule has 0 radical (unpaired) electrons. The summed E-state index contributed by atoms with van der Waals surface area (Å²) in [5.74, 6) is 0.729. The van der Waals surface area contributed by atoms with Crippen molar-refractivity contribution >= 4 is 15.7 Å². The summed E-state index contributed by atoms with van der Waals surface area (Å²) in [6, 6.07) is -0.231. The fraction of sp³-hybridized carbons (Fsp3) is 0.769. The maximum Gasteiger partial charge on any atom is 0.221 e. The molecule has 108 valence electrons. The van der Waals surface area contributed by atoms with Crippen molar-refractivity contribution < 1.29 is 13.2 Å². The summed E-state index contributed by atoms with van der Waals surface area (Å²) in [5, 5.41) is 6.01. The number of hydrogen-bond donors (Lipinski definition) is 2. The third-order valence-electron chi connectivity index (χ3n) is 3.70. The molecule has 6 heteroatoms. The highest BCUT2D eigenvalue weighted by Gasteiger charge is 2.26. The number of sulfone groups is 1. The summed E-state index contributed by atoms with van der Waals surface area (Å²) >= 11 is 0. The Kier molecular flexibility index (Phi) is 4.99. The van der Waals surface area contributed by atoms with Crippen LogP contribution in [0.3, 0.4) is 0 Å². The molecule has 1 saturated heterocycles. The van der Waals surface area contributed by atoms with Gasteiger partial charge in [-0.15, -0.1) is 0 Å². The first kappa shape index (κ1) is 14.5. The van der Waals surface area contributed by atoms with Crippen molar-refractivity contribution in [3.8, 4) is 0 Å². The van der Waals surface area contributed by atoms with Crippen molar-refractivity contribution in [2.75, 3.05) is 24.6 Å². The van der Waals surface area contributed by atoms with Crippen molar-refractivity contribution in [2.24, 2.45) is 5.92 Å². The summed E-state index contributed by atoms with van der Waals surface area (Å²) in [5.41, 5.74) is 0. The molecule has 5 nitrogen and oxygen atoms in total. The lowest BCUT2D eigenvalue weighted by molar-refractivity contribution is -0.121. The van der Waals surface area contributed by atoms with Crippen LogP contribution in [0.15, 0.2) is 12.2 Å². The molecule has 2 rings (SSSR count). The SMILES string of the molecule is O=C(CC1CS(=O)(=O)CCN1)NCC1CC=CCC1. The summed E-state index contributed by atoms with van der Waals surface area (Å²) in [6.45, 7) is 1.15. The second-order valence-corrected chi connectivity index (χ2v) is 7.65. The minimum absolute atomic E-state index is 0.0517. The van der Waals surface area contributed by atoms with E-state index < -0.39 is 9.84 Å². The largest absolute Gasteiger partial charge is 0.356 e. The third-order valence-corrected chi connectivity index (χ3v) is 5.43. The number of nitrogens with one attached hydrogen (secondary N) is 2. The molecule has 2 unspecified atom stereocenters. The van der Waals surface area contributed by atoms with Gasteiger partial charge in [0.15, 0.2) is 9.84 Å². The molecule has 0 aromatic rings. The van der Waals surface area contributed by atoms with E-state index in [2.05, 4.69) is 22.8 Å². The monoisotopic (exact) mass is 286 g/mol. The molecular formula is C13H22N2O3S. The van der Waals surface area contributed by atoms with E-state index in [1.54, 1.807) is 0 Å². The van der Waals surface area contributed by atoms with Gasteiger partial charge in [-0.25, -0.2) is 8.42 Å². The van der Waals surface area contributed by atoms with E-state index in [0.717, 1.165) is 19.3 Å². The number of carbonyl (C=O) groups excluding carboxylic acids is 1. The van der Waals surface area contributed by atoms with E-state index in [1.165, 1.54) is 0 Å². The maximum atomic E-state index is 11.8. The second-order valence-electron chi connectivity index (χ2n) is 5.42. The van der Waals surface area contributed by atoms with Crippen LogP contribution in [-0.4, -0.2) is 45.0 Å². The Morgan fingerprint density at radius 3 is 2.89 bits per heavy atom. The van der Waals surface area contributed by atoms with Gasteiger partial charge in [0.2, 0.25) is 5.91 Å². The van der Waals surface area contributed by atoms with Crippen LogP contribution in [-0.2, 0) is 14.6 Å². The predicted molar refractivity (Wildman–Crippen MR) is 74.6 cm³/mol. The highest BCUT2D eigenvalue weighted by atomic mass is 32.2. The molecule has 1 aliphatic carbocycles. The molecule has 1 fully saturated rings. The van der Waals surface area contributed by atoms with Crippen LogP contribution in [0.2, 0.25) is 0 Å². The van der Waals surface area contributed by atoms with Crippen LogP contribution in [0.4, 0.5) is 0 Å². The van der Waals surface area contributed by atoms with Gasteiger partial charge in [0.1, 0.15) is 0 Å². The van der Waals surface area contributed by atoms with Crippen LogP contribution in [0.1, 0.15) is 25.7 Å². The predicted octanol–water partition coefficient (Wildman–Crippen LogP) is 0.236. The van der Waals surface area contributed by atoms with E-state index >= 15 is 0 Å². The minimum atomic E-state index is -2.96. The molecule has 0 bridgehead atoms. The lowest BCUT2D eigenvalue weighted by Crippen LogP contribution is -2.47. The summed E-state index contributed by atoms with van der Waals surface area (Å²) in [4.78, 5) is 11.8. The quantitative estimate of drug-likeness (QED) is 0.726. The molecular weight excluding hydrogens is 264 g/mol. The van der Waals surface area contributed by atoms with Crippen molar-refractivity contribution in [3.63, 3.8) is 0 Å². The number of carbonyl (C=O) groups is 1. The first-order valence-electron chi connectivity index (χ1n) is 6.91. The van der Waals surface area contributed by atoms with Crippen molar-refractivity contribution in [2.45, 2.75) is 31.7 Å². The Hall–Kier alpha value is -0.880. The standard InChI is InChI=1S/C13H22N2O3S/c16-13(15-9-11-4-2-1-3-5-11)8-12-10-19(17,18)7-6-14-12/h1-2,11-12,14H,3-10H2,(H,15,16). The molecule has 0 aromatic carbocycles. The second kappa shape index (κ2) is 6.52. The lowest BCUT2D eigenvalue weighted by Gasteiger charge is -2.24. The van der Waals surface area contributed by atoms with Gasteiger partial charge in [-0.2, -0.15) is 0 Å². The zero-order valence-electron chi connectivity index (χ0n) is 11.1. The highest BCUT2D eigenvalue weighted by Crippen LogP contribution is 2.17. The van der Waals surface area contributed by atoms with Crippen LogP contribution < -0.4 is 10.6 Å². The molecule has 19 heavy (non-hydrogen) atoms. The van der Waals surface area contributed by atoms with Crippen LogP contribution in [0.5, 0.6) is 0 Å². The molecule has 0 saturated carbocycles. The highest BCUT2D eigenvalue weighted by molar-refractivity contribution is 7.91. The first-order chi connectivity index (χ1) is 9.05. The van der Waals surface area contributed by atoms with E-state index in [4.69, 9.17) is 0 Å². The van der Waals surface area contributed by atoms with Gasteiger partial charge in [-0.1, -0.05) is 12.2 Å². The molecule has 0 aromatic heterocycles. The molecule has 1 amide bonds. The first-order valence-corrected chi connectivity index (χ1v) is 8.73. The molecule has 2 N–H and O–H groups in total. The number of hydrogen-bond acceptors (Lipinski definition) is 4. The zero-order chi connectivity index (χ0) is 13.7.